The topological polar surface area (TPSA) is 24.9 Å². The summed E-state index contributed by atoms with van der Waals surface area (Å²) in [7, 11) is 0. The average molecular weight is 280 g/mol. The number of nitrogens with zero attached hydrogens (tertiary/aromatic N) is 1. The predicted molar refractivity (Wildman–Crippen MR) is 72.6 cm³/mol. The number of pyridine rings is 1. The molecule has 0 bridgehead atoms. The van der Waals surface area contributed by atoms with E-state index in [1.54, 1.807) is 19.3 Å². The van der Waals surface area contributed by atoms with Crippen LogP contribution in [-0.4, -0.2) is 11.5 Å². The SMILES string of the molecule is Cc1ccc(C(F)(F)F)cc1NCCc1ccncc1. The molecule has 1 heterocycles. The molecule has 1 aromatic carbocycles. The van der Waals surface area contributed by atoms with Gasteiger partial charge in [0.25, 0.3) is 0 Å². The second-order valence-corrected chi connectivity index (χ2v) is 4.56. The summed E-state index contributed by atoms with van der Waals surface area (Å²) < 4.78 is 38.0. The molecule has 1 aromatic heterocycles. The molecule has 0 atom stereocenters. The first kappa shape index (κ1) is 14.4. The van der Waals surface area contributed by atoms with Gasteiger partial charge in [-0.1, -0.05) is 6.07 Å². The van der Waals surface area contributed by atoms with Crippen LogP contribution in [0.2, 0.25) is 0 Å². The lowest BCUT2D eigenvalue weighted by molar-refractivity contribution is -0.137. The Morgan fingerprint density at radius 2 is 1.80 bits per heavy atom. The lowest BCUT2D eigenvalue weighted by Gasteiger charge is -2.13. The second-order valence-electron chi connectivity index (χ2n) is 4.56. The van der Waals surface area contributed by atoms with Gasteiger partial charge in [-0.3, -0.25) is 4.98 Å². The minimum absolute atomic E-state index is 0.522. The molecule has 2 rings (SSSR count). The second kappa shape index (κ2) is 5.94. The van der Waals surface area contributed by atoms with Crippen LogP contribution >= 0.6 is 0 Å². The van der Waals surface area contributed by atoms with Gasteiger partial charge in [0.05, 0.1) is 5.56 Å². The molecule has 0 amide bonds. The van der Waals surface area contributed by atoms with Crippen LogP contribution in [-0.2, 0) is 12.6 Å². The van der Waals surface area contributed by atoms with Crippen LogP contribution in [0.25, 0.3) is 0 Å². The highest BCUT2D eigenvalue weighted by molar-refractivity contribution is 5.53. The molecule has 5 heteroatoms. The highest BCUT2D eigenvalue weighted by Crippen LogP contribution is 2.31. The Kier molecular flexibility index (Phi) is 4.27. The molecule has 0 aliphatic rings. The van der Waals surface area contributed by atoms with Gasteiger partial charge in [0.2, 0.25) is 0 Å². The summed E-state index contributed by atoms with van der Waals surface area (Å²) in [5.41, 5.74) is 1.79. The van der Waals surface area contributed by atoms with Crippen LogP contribution in [0, 0.1) is 6.92 Å². The van der Waals surface area contributed by atoms with Gasteiger partial charge in [0, 0.05) is 24.6 Å². The van der Waals surface area contributed by atoms with Crippen molar-refractivity contribution in [1.82, 2.24) is 4.98 Å². The van der Waals surface area contributed by atoms with Gasteiger partial charge < -0.3 is 5.32 Å². The van der Waals surface area contributed by atoms with Crippen molar-refractivity contribution < 1.29 is 13.2 Å². The Labute approximate surface area is 115 Å². The van der Waals surface area contributed by atoms with Crippen molar-refractivity contribution in [3.05, 3.63) is 59.4 Å². The van der Waals surface area contributed by atoms with E-state index in [0.29, 0.717) is 12.2 Å². The molecule has 2 nitrogen and oxygen atoms in total. The normalized spacial score (nSPS) is 11.4. The fraction of sp³-hybridized carbons (Fsp3) is 0.267. The number of rotatable bonds is 4. The Hall–Kier alpha value is -2.04. The highest BCUT2D eigenvalue weighted by Gasteiger charge is 2.30. The van der Waals surface area contributed by atoms with E-state index in [0.717, 1.165) is 29.7 Å². The van der Waals surface area contributed by atoms with Gasteiger partial charge in [-0.15, -0.1) is 0 Å². The third kappa shape index (κ3) is 3.73. The first-order chi connectivity index (χ1) is 9.47. The molecule has 0 aliphatic carbocycles. The lowest BCUT2D eigenvalue weighted by Crippen LogP contribution is -2.09. The van der Waals surface area contributed by atoms with E-state index in [1.165, 1.54) is 6.07 Å². The number of aryl methyl sites for hydroxylation is 1. The van der Waals surface area contributed by atoms with Crippen molar-refractivity contribution in [2.45, 2.75) is 19.5 Å². The Bertz CT molecular complexity index is 565. The molecule has 0 spiro atoms. The Balaban J connectivity index is 2.02. The fourth-order valence-corrected chi connectivity index (χ4v) is 1.88. The maximum absolute atomic E-state index is 12.7. The summed E-state index contributed by atoms with van der Waals surface area (Å²) >= 11 is 0. The molecule has 1 N–H and O–H groups in total. The number of aromatic nitrogens is 1. The smallest absolute Gasteiger partial charge is 0.384 e. The van der Waals surface area contributed by atoms with Gasteiger partial charge in [0.1, 0.15) is 0 Å². The highest BCUT2D eigenvalue weighted by atomic mass is 19.4. The van der Waals surface area contributed by atoms with Crippen molar-refractivity contribution in [3.8, 4) is 0 Å². The number of hydrogen-bond acceptors (Lipinski definition) is 2. The molecule has 20 heavy (non-hydrogen) atoms. The van der Waals surface area contributed by atoms with Gasteiger partial charge >= 0.3 is 6.18 Å². The monoisotopic (exact) mass is 280 g/mol. The molecule has 0 aliphatic heterocycles. The summed E-state index contributed by atoms with van der Waals surface area (Å²) in [5.74, 6) is 0. The van der Waals surface area contributed by atoms with E-state index in [9.17, 15) is 13.2 Å². The minimum Gasteiger partial charge on any atom is -0.384 e. The molecule has 0 saturated heterocycles. The number of benzene rings is 1. The van der Waals surface area contributed by atoms with Gasteiger partial charge in [-0.05, 0) is 48.7 Å². The standard InChI is InChI=1S/C15H15F3N2/c1-11-2-3-13(15(16,17)18)10-14(11)20-9-6-12-4-7-19-8-5-12/h2-5,7-8,10,20H,6,9H2,1H3. The molecule has 0 radical (unpaired) electrons. The molecular formula is C15H15F3N2. The van der Waals surface area contributed by atoms with Crippen LogP contribution < -0.4 is 5.32 Å². The molecule has 2 aromatic rings. The maximum Gasteiger partial charge on any atom is 0.416 e. The maximum atomic E-state index is 12.7. The summed E-state index contributed by atoms with van der Waals surface area (Å²) in [6.07, 6.45) is -0.177. The van der Waals surface area contributed by atoms with Crippen LogP contribution in [0.15, 0.2) is 42.7 Å². The van der Waals surface area contributed by atoms with E-state index >= 15 is 0 Å². The zero-order chi connectivity index (χ0) is 14.6. The van der Waals surface area contributed by atoms with Crippen molar-refractivity contribution in [2.24, 2.45) is 0 Å². The number of anilines is 1. The quantitative estimate of drug-likeness (QED) is 0.913. The fourth-order valence-electron chi connectivity index (χ4n) is 1.88. The zero-order valence-electron chi connectivity index (χ0n) is 11.0. The van der Waals surface area contributed by atoms with Crippen molar-refractivity contribution in [2.75, 3.05) is 11.9 Å². The van der Waals surface area contributed by atoms with Gasteiger partial charge in [-0.2, -0.15) is 13.2 Å². The number of halogens is 3. The van der Waals surface area contributed by atoms with Crippen LogP contribution in [0.5, 0.6) is 0 Å². The molecule has 0 fully saturated rings. The van der Waals surface area contributed by atoms with Gasteiger partial charge in [-0.25, -0.2) is 0 Å². The first-order valence-corrected chi connectivity index (χ1v) is 6.27. The summed E-state index contributed by atoms with van der Waals surface area (Å²) in [6, 6.07) is 7.52. The van der Waals surface area contributed by atoms with Crippen molar-refractivity contribution in [3.63, 3.8) is 0 Å². The average Bonchev–Trinajstić information content (AvgIpc) is 2.41. The van der Waals surface area contributed by atoms with E-state index in [2.05, 4.69) is 10.3 Å². The summed E-state index contributed by atoms with van der Waals surface area (Å²) in [4.78, 5) is 3.92. The first-order valence-electron chi connectivity index (χ1n) is 6.27. The Morgan fingerprint density at radius 1 is 1.10 bits per heavy atom. The summed E-state index contributed by atoms with van der Waals surface area (Å²) in [6.45, 7) is 2.36. The molecular weight excluding hydrogens is 265 g/mol. The van der Waals surface area contributed by atoms with Crippen molar-refractivity contribution >= 4 is 5.69 Å². The zero-order valence-corrected chi connectivity index (χ0v) is 11.0. The van der Waals surface area contributed by atoms with Crippen LogP contribution in [0.1, 0.15) is 16.7 Å². The van der Waals surface area contributed by atoms with Crippen LogP contribution in [0.4, 0.5) is 18.9 Å². The lowest BCUT2D eigenvalue weighted by atomic mass is 10.1. The largest absolute Gasteiger partial charge is 0.416 e. The Morgan fingerprint density at radius 3 is 2.45 bits per heavy atom. The predicted octanol–water partition coefficient (Wildman–Crippen LogP) is 4.06. The third-order valence-corrected chi connectivity index (χ3v) is 3.04. The third-order valence-electron chi connectivity index (χ3n) is 3.04. The van der Waals surface area contributed by atoms with Gasteiger partial charge in [0.15, 0.2) is 0 Å². The van der Waals surface area contributed by atoms with E-state index < -0.39 is 11.7 Å². The molecule has 0 saturated carbocycles. The van der Waals surface area contributed by atoms with Crippen LogP contribution in [0.3, 0.4) is 0 Å². The van der Waals surface area contributed by atoms with Crippen molar-refractivity contribution in [1.29, 1.82) is 0 Å². The number of nitrogens with one attached hydrogen (secondary N) is 1. The number of alkyl halides is 3. The van der Waals surface area contributed by atoms with E-state index in [4.69, 9.17) is 0 Å². The number of hydrogen-bond donors (Lipinski definition) is 1. The van der Waals surface area contributed by atoms with E-state index in [-0.39, 0.29) is 0 Å². The minimum atomic E-state index is -4.31. The summed E-state index contributed by atoms with van der Waals surface area (Å²) in [5, 5.41) is 3.05. The molecule has 106 valence electrons. The van der Waals surface area contributed by atoms with E-state index in [1.807, 2.05) is 12.1 Å². The molecule has 0 unspecified atom stereocenters.